The van der Waals surface area contributed by atoms with Crippen LogP contribution in [0.15, 0.2) is 70.6 Å². The summed E-state index contributed by atoms with van der Waals surface area (Å²) < 4.78 is 26.4. The van der Waals surface area contributed by atoms with Gasteiger partial charge in [0.25, 0.3) is 5.56 Å². The molecule has 36 heavy (non-hydrogen) atoms. The summed E-state index contributed by atoms with van der Waals surface area (Å²) in [6.45, 7) is 3.13. The molecule has 1 saturated heterocycles. The lowest BCUT2D eigenvalue weighted by Gasteiger charge is -2.30. The first kappa shape index (κ1) is 25.9. The highest BCUT2D eigenvalue weighted by atomic mass is 32.2. The molecule has 4 rings (SSSR count). The van der Waals surface area contributed by atoms with Crippen molar-refractivity contribution in [2.24, 2.45) is 12.2 Å². The summed E-state index contributed by atoms with van der Waals surface area (Å²) in [4.78, 5) is 23.7. The molecule has 1 aliphatic heterocycles. The zero-order valence-corrected chi connectivity index (χ0v) is 21.7. The second-order valence-corrected chi connectivity index (χ2v) is 11.6. The topological polar surface area (TPSA) is 102 Å². The molecule has 0 spiro atoms. The van der Waals surface area contributed by atoms with Crippen LogP contribution in [-0.4, -0.2) is 41.8 Å². The molecule has 2 aromatic carbocycles. The van der Waals surface area contributed by atoms with Crippen molar-refractivity contribution in [1.82, 2.24) is 14.1 Å². The lowest BCUT2D eigenvalue weighted by molar-refractivity contribution is 0.321. The number of hydrogen-bond acceptors (Lipinski definition) is 6. The largest absolute Gasteiger partial charge is 0.268 e. The summed E-state index contributed by atoms with van der Waals surface area (Å²) in [5.74, 6) is 0.224. The Labute approximate surface area is 212 Å². The average Bonchev–Trinajstić information content (AvgIpc) is 2.87. The van der Waals surface area contributed by atoms with Crippen LogP contribution in [0, 0.1) is 11.8 Å². The fourth-order valence-corrected chi connectivity index (χ4v) is 5.95. The van der Waals surface area contributed by atoms with Crippen molar-refractivity contribution < 1.29 is 8.42 Å². The number of nitroso groups, excluding NO2 is 1. The maximum atomic E-state index is 11.9. The molecule has 0 N–H and O–H groups in total. The summed E-state index contributed by atoms with van der Waals surface area (Å²) in [6.07, 6.45) is 3.28. The minimum Gasteiger partial charge on any atom is -0.268 e. The standard InChI is InChI=1S/C27H32N4O4S/c1-19-6-4-5-7-23(19)24(18-26(29-33)25-12-13-27(32)30(2)28-25)22-10-8-20(9-11-22)21-14-16-31(17-15-21)36(3,34)35/h4-13,21,24,26H,14-18H2,1-3H3. The third-order valence-electron chi connectivity index (χ3n) is 7.21. The van der Waals surface area contributed by atoms with Gasteiger partial charge in [0.1, 0.15) is 6.04 Å². The predicted octanol–water partition coefficient (Wildman–Crippen LogP) is 4.26. The van der Waals surface area contributed by atoms with E-state index in [1.54, 1.807) is 17.4 Å². The minimum atomic E-state index is -3.15. The summed E-state index contributed by atoms with van der Waals surface area (Å²) >= 11 is 0. The molecule has 0 saturated carbocycles. The highest BCUT2D eigenvalue weighted by Gasteiger charge is 2.27. The average molecular weight is 509 g/mol. The Morgan fingerprint density at radius 2 is 1.69 bits per heavy atom. The van der Waals surface area contributed by atoms with Gasteiger partial charge in [-0.3, -0.25) is 4.79 Å². The van der Waals surface area contributed by atoms with Gasteiger partial charge in [-0.05, 0) is 60.4 Å². The molecule has 3 aromatic rings. The second-order valence-electron chi connectivity index (χ2n) is 9.59. The third kappa shape index (κ3) is 5.79. The molecule has 2 atom stereocenters. The Balaban J connectivity index is 1.61. The van der Waals surface area contributed by atoms with E-state index in [-0.39, 0.29) is 11.5 Å². The lowest BCUT2D eigenvalue weighted by Crippen LogP contribution is -2.37. The number of nitrogens with zero attached hydrogens (tertiary/aromatic N) is 4. The van der Waals surface area contributed by atoms with Crippen molar-refractivity contribution in [2.45, 2.75) is 44.1 Å². The van der Waals surface area contributed by atoms with E-state index in [2.05, 4.69) is 53.6 Å². The van der Waals surface area contributed by atoms with Crippen LogP contribution in [0.5, 0.6) is 0 Å². The van der Waals surface area contributed by atoms with Crippen molar-refractivity contribution in [2.75, 3.05) is 19.3 Å². The molecule has 190 valence electrons. The summed E-state index contributed by atoms with van der Waals surface area (Å²) in [6, 6.07) is 18.8. The van der Waals surface area contributed by atoms with E-state index in [0.717, 1.165) is 29.5 Å². The molecule has 0 aliphatic carbocycles. The molecule has 2 heterocycles. The minimum absolute atomic E-state index is 0.0888. The van der Waals surface area contributed by atoms with Crippen molar-refractivity contribution in [1.29, 1.82) is 0 Å². The first-order valence-corrected chi connectivity index (χ1v) is 14.0. The molecular formula is C27H32N4O4S. The van der Waals surface area contributed by atoms with Crippen LogP contribution < -0.4 is 5.56 Å². The SMILES string of the molecule is Cc1ccccc1C(CC(N=O)c1ccc(=O)n(C)n1)c1ccc(C2CCN(S(C)(=O)=O)CC2)cc1. The van der Waals surface area contributed by atoms with E-state index in [1.165, 1.54) is 22.6 Å². The fourth-order valence-electron chi connectivity index (χ4n) is 5.08. The molecule has 1 fully saturated rings. The van der Waals surface area contributed by atoms with Crippen LogP contribution in [0.4, 0.5) is 0 Å². The van der Waals surface area contributed by atoms with Gasteiger partial charge in [-0.25, -0.2) is 17.4 Å². The van der Waals surface area contributed by atoms with Gasteiger partial charge in [0.05, 0.1) is 11.9 Å². The maximum Gasteiger partial charge on any atom is 0.266 e. The highest BCUT2D eigenvalue weighted by Crippen LogP contribution is 2.37. The monoisotopic (exact) mass is 508 g/mol. The van der Waals surface area contributed by atoms with E-state index >= 15 is 0 Å². The third-order valence-corrected chi connectivity index (χ3v) is 8.51. The molecule has 0 bridgehead atoms. The van der Waals surface area contributed by atoms with E-state index in [4.69, 9.17) is 0 Å². The van der Waals surface area contributed by atoms with Crippen LogP contribution in [0.2, 0.25) is 0 Å². The van der Waals surface area contributed by atoms with Crippen LogP contribution in [0.3, 0.4) is 0 Å². The zero-order valence-electron chi connectivity index (χ0n) is 20.9. The highest BCUT2D eigenvalue weighted by molar-refractivity contribution is 7.88. The molecule has 0 amide bonds. The molecule has 2 unspecified atom stereocenters. The Bertz CT molecular complexity index is 1380. The van der Waals surface area contributed by atoms with Crippen LogP contribution in [0.25, 0.3) is 0 Å². The number of hydrogen-bond donors (Lipinski definition) is 0. The predicted molar refractivity (Wildman–Crippen MR) is 140 cm³/mol. The normalized spacial score (nSPS) is 17.0. The molecule has 1 aromatic heterocycles. The number of piperidine rings is 1. The molecular weight excluding hydrogens is 476 g/mol. The first-order valence-electron chi connectivity index (χ1n) is 12.1. The smallest absolute Gasteiger partial charge is 0.266 e. The lowest BCUT2D eigenvalue weighted by atomic mass is 9.82. The van der Waals surface area contributed by atoms with Gasteiger partial charge in [-0.15, -0.1) is 0 Å². The molecule has 9 heteroatoms. The van der Waals surface area contributed by atoms with Crippen molar-refractivity contribution in [3.8, 4) is 0 Å². The van der Waals surface area contributed by atoms with Crippen molar-refractivity contribution in [3.05, 3.63) is 104 Å². The number of rotatable bonds is 8. The quantitative estimate of drug-likeness (QED) is 0.423. The second kappa shape index (κ2) is 10.8. The van der Waals surface area contributed by atoms with Crippen LogP contribution in [-0.2, 0) is 17.1 Å². The van der Waals surface area contributed by atoms with Gasteiger partial charge in [-0.2, -0.15) is 10.0 Å². The van der Waals surface area contributed by atoms with E-state index < -0.39 is 16.1 Å². The summed E-state index contributed by atoms with van der Waals surface area (Å²) in [5, 5.41) is 7.65. The number of benzene rings is 2. The fraction of sp³-hybridized carbons (Fsp3) is 0.407. The van der Waals surface area contributed by atoms with Gasteiger partial charge >= 0.3 is 0 Å². The summed E-state index contributed by atoms with van der Waals surface area (Å²) in [7, 11) is -1.59. The molecule has 0 radical (unpaired) electrons. The van der Waals surface area contributed by atoms with Crippen molar-refractivity contribution >= 4 is 10.0 Å². The number of aryl methyl sites for hydroxylation is 2. The van der Waals surface area contributed by atoms with E-state index in [9.17, 15) is 18.1 Å². The first-order chi connectivity index (χ1) is 17.2. The Morgan fingerprint density at radius 1 is 1.03 bits per heavy atom. The van der Waals surface area contributed by atoms with Gasteiger partial charge in [0.2, 0.25) is 10.0 Å². The zero-order chi connectivity index (χ0) is 25.9. The van der Waals surface area contributed by atoms with Gasteiger partial charge in [0.15, 0.2) is 0 Å². The number of aromatic nitrogens is 2. The molecule has 1 aliphatic rings. The van der Waals surface area contributed by atoms with Crippen LogP contribution in [0.1, 0.15) is 65.1 Å². The van der Waals surface area contributed by atoms with E-state index in [1.807, 2.05) is 12.1 Å². The Kier molecular flexibility index (Phi) is 7.80. The van der Waals surface area contributed by atoms with Gasteiger partial charge < -0.3 is 0 Å². The Hall–Kier alpha value is -3.17. The van der Waals surface area contributed by atoms with Gasteiger partial charge in [-0.1, -0.05) is 53.7 Å². The number of sulfonamides is 1. The molecule has 8 nitrogen and oxygen atoms in total. The Morgan fingerprint density at radius 3 is 2.28 bits per heavy atom. The maximum absolute atomic E-state index is 11.9. The van der Waals surface area contributed by atoms with Crippen LogP contribution >= 0.6 is 0 Å². The van der Waals surface area contributed by atoms with Crippen molar-refractivity contribution in [3.63, 3.8) is 0 Å². The summed E-state index contributed by atoms with van der Waals surface area (Å²) in [5.41, 5.74) is 4.74. The van der Waals surface area contributed by atoms with E-state index in [0.29, 0.717) is 31.1 Å². The van der Waals surface area contributed by atoms with Gasteiger partial charge in [0, 0.05) is 32.1 Å².